The molecular formula is C13H18N2O2. The van der Waals surface area contributed by atoms with Crippen LogP contribution in [-0.4, -0.2) is 30.4 Å². The quantitative estimate of drug-likeness (QED) is 0.807. The average Bonchev–Trinajstić information content (AvgIpc) is 2.76. The lowest BCUT2D eigenvalue weighted by atomic mass is 10.1. The normalized spacial score (nSPS) is 21.7. The fourth-order valence-electron chi connectivity index (χ4n) is 2.20. The van der Waals surface area contributed by atoms with Gasteiger partial charge in [0.25, 0.3) is 0 Å². The highest BCUT2D eigenvalue weighted by Gasteiger charge is 2.28. The van der Waals surface area contributed by atoms with Gasteiger partial charge in [-0.1, -0.05) is 12.2 Å². The van der Waals surface area contributed by atoms with Crippen LogP contribution in [-0.2, 0) is 11.3 Å². The molecule has 0 radical (unpaired) electrons. The Labute approximate surface area is 101 Å². The van der Waals surface area contributed by atoms with Crippen molar-refractivity contribution in [3.8, 4) is 0 Å². The second-order valence-corrected chi connectivity index (χ2v) is 4.37. The summed E-state index contributed by atoms with van der Waals surface area (Å²) < 4.78 is 5.03. The molecule has 1 unspecified atom stereocenters. The predicted octanol–water partition coefficient (Wildman–Crippen LogP) is 1.55. The molecule has 0 saturated carbocycles. The van der Waals surface area contributed by atoms with Crippen LogP contribution in [0.15, 0.2) is 35.2 Å². The summed E-state index contributed by atoms with van der Waals surface area (Å²) in [6, 6.07) is 1.64. The Balaban J connectivity index is 2.11. The van der Waals surface area contributed by atoms with Gasteiger partial charge in [0.15, 0.2) is 0 Å². The van der Waals surface area contributed by atoms with E-state index in [9.17, 15) is 4.79 Å². The summed E-state index contributed by atoms with van der Waals surface area (Å²) in [5.41, 5.74) is 2.01. The van der Waals surface area contributed by atoms with Gasteiger partial charge in [0, 0.05) is 18.7 Å². The van der Waals surface area contributed by atoms with Crippen molar-refractivity contribution in [2.24, 2.45) is 0 Å². The van der Waals surface area contributed by atoms with E-state index in [1.807, 2.05) is 11.0 Å². The summed E-state index contributed by atoms with van der Waals surface area (Å²) in [5.74, 6) is 0.108. The number of nitrogens with zero attached hydrogens (tertiary/aromatic N) is 1. The lowest BCUT2D eigenvalue weighted by Crippen LogP contribution is -2.44. The van der Waals surface area contributed by atoms with Crippen LogP contribution in [0.5, 0.6) is 0 Å². The van der Waals surface area contributed by atoms with Crippen LogP contribution in [0.1, 0.15) is 18.4 Å². The second kappa shape index (κ2) is 5.19. The molecule has 1 N–H and O–H groups in total. The number of carbonyl (C=O) groups is 1. The van der Waals surface area contributed by atoms with Gasteiger partial charge in [-0.25, -0.2) is 0 Å². The smallest absolute Gasteiger partial charge is 0.244 e. The van der Waals surface area contributed by atoms with Crippen molar-refractivity contribution < 1.29 is 9.21 Å². The number of hydrogen-bond donors (Lipinski definition) is 1. The molecule has 0 bridgehead atoms. The highest BCUT2D eigenvalue weighted by molar-refractivity contribution is 5.85. The van der Waals surface area contributed by atoms with Crippen LogP contribution in [0.3, 0.4) is 0 Å². The summed E-state index contributed by atoms with van der Waals surface area (Å²) in [6.45, 7) is 5.37. The lowest BCUT2D eigenvalue weighted by Gasteiger charge is -2.24. The van der Waals surface area contributed by atoms with Gasteiger partial charge in [0.05, 0.1) is 12.5 Å². The molecule has 0 aliphatic carbocycles. The first-order chi connectivity index (χ1) is 8.22. The largest absolute Gasteiger partial charge is 0.472 e. The first-order valence-electron chi connectivity index (χ1n) is 5.87. The van der Waals surface area contributed by atoms with Gasteiger partial charge in [-0.05, 0) is 26.0 Å². The lowest BCUT2D eigenvalue weighted by molar-refractivity contribution is -0.132. The van der Waals surface area contributed by atoms with E-state index in [0.29, 0.717) is 6.54 Å². The molecule has 0 spiro atoms. The van der Waals surface area contributed by atoms with E-state index >= 15 is 0 Å². The Kier molecular flexibility index (Phi) is 3.64. The van der Waals surface area contributed by atoms with Crippen molar-refractivity contribution >= 4 is 5.91 Å². The summed E-state index contributed by atoms with van der Waals surface area (Å²) >= 11 is 0. The number of likely N-dealkylation sites (tertiary alicyclic amines) is 1. The molecule has 1 aromatic heterocycles. The molecule has 17 heavy (non-hydrogen) atoms. The van der Waals surface area contributed by atoms with Gasteiger partial charge in [0.2, 0.25) is 5.91 Å². The van der Waals surface area contributed by atoms with E-state index in [1.165, 1.54) is 0 Å². The standard InChI is InChI=1S/C13H18N2O2/c1-10-4-3-6-15(13(16)12(10)14-2)8-11-5-7-17-9-11/h5,7,9,12,14H,1,3-4,6,8H2,2H3. The molecule has 4 nitrogen and oxygen atoms in total. The molecular weight excluding hydrogens is 216 g/mol. The van der Waals surface area contributed by atoms with E-state index in [1.54, 1.807) is 19.6 Å². The van der Waals surface area contributed by atoms with Crippen LogP contribution >= 0.6 is 0 Å². The highest BCUT2D eigenvalue weighted by Crippen LogP contribution is 2.18. The van der Waals surface area contributed by atoms with E-state index in [2.05, 4.69) is 11.9 Å². The third-order valence-electron chi connectivity index (χ3n) is 3.14. The maximum absolute atomic E-state index is 12.3. The molecule has 1 aliphatic heterocycles. The zero-order valence-corrected chi connectivity index (χ0v) is 10.1. The monoisotopic (exact) mass is 234 g/mol. The van der Waals surface area contributed by atoms with Crippen LogP contribution in [0.25, 0.3) is 0 Å². The molecule has 4 heteroatoms. The number of amides is 1. The van der Waals surface area contributed by atoms with Crippen molar-refractivity contribution in [1.29, 1.82) is 0 Å². The van der Waals surface area contributed by atoms with Gasteiger partial charge < -0.3 is 14.6 Å². The SMILES string of the molecule is C=C1CCCN(Cc2ccoc2)C(=O)C1NC. The molecule has 1 amide bonds. The van der Waals surface area contributed by atoms with Crippen molar-refractivity contribution in [2.45, 2.75) is 25.4 Å². The summed E-state index contributed by atoms with van der Waals surface area (Å²) in [5, 5.41) is 3.04. The fourth-order valence-corrected chi connectivity index (χ4v) is 2.20. The van der Waals surface area contributed by atoms with Crippen LogP contribution in [0, 0.1) is 0 Å². The van der Waals surface area contributed by atoms with Crippen LogP contribution < -0.4 is 5.32 Å². The number of rotatable bonds is 3. The molecule has 2 rings (SSSR count). The van der Waals surface area contributed by atoms with Crippen molar-refractivity contribution in [3.63, 3.8) is 0 Å². The number of hydrogen-bond acceptors (Lipinski definition) is 3. The Bertz CT molecular complexity index is 398. The maximum atomic E-state index is 12.3. The third kappa shape index (κ3) is 2.58. The summed E-state index contributed by atoms with van der Waals surface area (Å²) in [6.07, 6.45) is 5.19. The summed E-state index contributed by atoms with van der Waals surface area (Å²) in [4.78, 5) is 14.2. The van der Waals surface area contributed by atoms with Crippen LogP contribution in [0.2, 0.25) is 0 Å². The van der Waals surface area contributed by atoms with E-state index < -0.39 is 0 Å². The topological polar surface area (TPSA) is 45.5 Å². The minimum absolute atomic E-state index is 0.108. The predicted molar refractivity (Wildman–Crippen MR) is 65.3 cm³/mol. The molecule has 1 aliphatic rings. The number of furan rings is 1. The van der Waals surface area contributed by atoms with Gasteiger partial charge in [-0.3, -0.25) is 4.79 Å². The molecule has 1 aromatic rings. The zero-order valence-electron chi connectivity index (χ0n) is 10.1. The molecule has 1 atom stereocenters. The maximum Gasteiger partial charge on any atom is 0.244 e. The molecule has 0 aromatic carbocycles. The molecule has 92 valence electrons. The Morgan fingerprint density at radius 3 is 3.12 bits per heavy atom. The molecule has 2 heterocycles. The number of likely N-dealkylation sites (N-methyl/N-ethyl adjacent to an activating group) is 1. The van der Waals surface area contributed by atoms with E-state index in [0.717, 1.165) is 30.5 Å². The zero-order chi connectivity index (χ0) is 12.3. The van der Waals surface area contributed by atoms with Gasteiger partial charge >= 0.3 is 0 Å². The van der Waals surface area contributed by atoms with Gasteiger partial charge in [-0.2, -0.15) is 0 Å². The van der Waals surface area contributed by atoms with Crippen LogP contribution in [0.4, 0.5) is 0 Å². The number of carbonyl (C=O) groups excluding carboxylic acids is 1. The fraction of sp³-hybridized carbons (Fsp3) is 0.462. The molecule has 1 fully saturated rings. The Morgan fingerprint density at radius 1 is 1.65 bits per heavy atom. The summed E-state index contributed by atoms with van der Waals surface area (Å²) in [7, 11) is 1.80. The second-order valence-electron chi connectivity index (χ2n) is 4.37. The van der Waals surface area contributed by atoms with Crippen molar-refractivity contribution in [1.82, 2.24) is 10.2 Å². The Morgan fingerprint density at radius 2 is 2.47 bits per heavy atom. The first kappa shape index (κ1) is 11.9. The average molecular weight is 234 g/mol. The highest BCUT2D eigenvalue weighted by atomic mass is 16.3. The minimum Gasteiger partial charge on any atom is -0.472 e. The Hall–Kier alpha value is -1.55. The van der Waals surface area contributed by atoms with E-state index in [-0.39, 0.29) is 11.9 Å². The van der Waals surface area contributed by atoms with Crippen molar-refractivity contribution in [2.75, 3.05) is 13.6 Å². The van der Waals surface area contributed by atoms with E-state index in [4.69, 9.17) is 4.42 Å². The van der Waals surface area contributed by atoms with Gasteiger partial charge in [0.1, 0.15) is 6.04 Å². The third-order valence-corrected chi connectivity index (χ3v) is 3.14. The first-order valence-corrected chi connectivity index (χ1v) is 5.87. The minimum atomic E-state index is -0.246. The van der Waals surface area contributed by atoms with Crippen molar-refractivity contribution in [3.05, 3.63) is 36.3 Å². The van der Waals surface area contributed by atoms with Gasteiger partial charge in [-0.15, -0.1) is 0 Å². The number of nitrogens with one attached hydrogen (secondary N) is 1. The molecule has 1 saturated heterocycles.